The third-order valence-electron chi connectivity index (χ3n) is 3.15. The van der Waals surface area contributed by atoms with Crippen LogP contribution in [-0.4, -0.2) is 11.1 Å². The summed E-state index contributed by atoms with van der Waals surface area (Å²) in [5.74, 6) is -0.666. The van der Waals surface area contributed by atoms with E-state index in [-0.39, 0.29) is 35.6 Å². The van der Waals surface area contributed by atoms with Gasteiger partial charge in [0.25, 0.3) is 0 Å². The van der Waals surface area contributed by atoms with Crippen LogP contribution in [0, 0.1) is 35.6 Å². The first-order valence-electron chi connectivity index (χ1n) is 7.64. The van der Waals surface area contributed by atoms with Crippen LogP contribution >= 0.6 is 0 Å². The van der Waals surface area contributed by atoms with Gasteiger partial charge in [0.2, 0.25) is 0 Å². The molecule has 0 saturated carbocycles. The first kappa shape index (κ1) is 21.7. The number of hydrogen-bond donors (Lipinski definition) is 1. The Hall–Kier alpha value is 0.405. The molecule has 0 aliphatic heterocycles. The molecule has 1 radical (unpaired) electrons. The third-order valence-corrected chi connectivity index (χ3v) is 3.15. The van der Waals surface area contributed by atoms with E-state index in [0.29, 0.717) is 6.42 Å². The zero-order valence-corrected chi connectivity index (χ0v) is 16.2. The molecule has 0 amide bonds. The average molecular weight is 393 g/mol. The van der Waals surface area contributed by atoms with Crippen molar-refractivity contribution in [3.05, 3.63) is 12.2 Å². The summed E-state index contributed by atoms with van der Waals surface area (Å²) in [6.07, 6.45) is 18.3. The largest absolute Gasteiger partial charge is 0.481 e. The molecule has 0 aliphatic rings. The Bertz CT molecular complexity index is 215. The van der Waals surface area contributed by atoms with Crippen LogP contribution in [-0.2, 0) is 4.79 Å². The molecule has 0 fully saturated rings. The molecule has 0 aromatic heterocycles. The van der Waals surface area contributed by atoms with Gasteiger partial charge < -0.3 is 5.11 Å². The van der Waals surface area contributed by atoms with Gasteiger partial charge in [-0.25, -0.2) is 0 Å². The fourth-order valence-electron chi connectivity index (χ4n) is 1.99. The van der Waals surface area contributed by atoms with Gasteiger partial charge in [-0.2, -0.15) is 0 Å². The molecule has 0 unspecified atom stereocenters. The Labute approximate surface area is 147 Å². The number of carboxylic acids is 1. The smallest absolute Gasteiger partial charge is 0.303 e. The Morgan fingerprint density at radius 3 is 1.84 bits per heavy atom. The average Bonchev–Trinajstić information content (AvgIpc) is 2.34. The molecular weight excluding hydrogens is 363 g/mol. The monoisotopic (exact) mass is 393 g/mol. The van der Waals surface area contributed by atoms with E-state index in [9.17, 15) is 4.79 Å². The Morgan fingerprint density at radius 1 is 0.842 bits per heavy atom. The van der Waals surface area contributed by atoms with Gasteiger partial charge in [-0.05, 0) is 32.1 Å². The van der Waals surface area contributed by atoms with Crippen molar-refractivity contribution in [3.8, 4) is 0 Å². The topological polar surface area (TPSA) is 37.3 Å². The number of rotatable bonds is 13. The first-order chi connectivity index (χ1) is 8.77. The van der Waals surface area contributed by atoms with Gasteiger partial charge in [-0.1, -0.05) is 57.6 Å². The van der Waals surface area contributed by atoms with Gasteiger partial charge in [0, 0.05) is 42.0 Å². The van der Waals surface area contributed by atoms with E-state index in [1.54, 1.807) is 0 Å². The van der Waals surface area contributed by atoms with E-state index >= 15 is 0 Å². The van der Waals surface area contributed by atoms with Crippen molar-refractivity contribution in [2.45, 2.75) is 84.0 Å². The number of carbonyl (C=O) groups is 1. The van der Waals surface area contributed by atoms with E-state index < -0.39 is 5.97 Å². The quantitative estimate of drug-likeness (QED) is 0.339. The van der Waals surface area contributed by atoms with Gasteiger partial charge in [0.1, 0.15) is 0 Å². The first-order valence-corrected chi connectivity index (χ1v) is 7.64. The summed E-state index contributed by atoms with van der Waals surface area (Å²) in [6.45, 7) is 2.24. The number of hydrogen-bond acceptors (Lipinski definition) is 1. The predicted molar refractivity (Wildman–Crippen MR) is 77.9 cm³/mol. The minimum Gasteiger partial charge on any atom is -0.481 e. The molecule has 1 N–H and O–H groups in total. The Balaban J connectivity index is 0. The van der Waals surface area contributed by atoms with Crippen molar-refractivity contribution in [2.75, 3.05) is 0 Å². The SMILES string of the molecule is CCCCCC/C=C\CCCCCCCC(=O)O.[La]. The van der Waals surface area contributed by atoms with Crippen LogP contribution in [0.1, 0.15) is 84.0 Å². The second kappa shape index (κ2) is 18.4. The molecule has 0 aromatic rings. The molecule has 0 bridgehead atoms. The fourth-order valence-corrected chi connectivity index (χ4v) is 1.99. The normalized spacial score (nSPS) is 10.6. The Morgan fingerprint density at radius 2 is 1.32 bits per heavy atom. The predicted octanol–water partition coefficient (Wildman–Crippen LogP) is 5.33. The molecular formula is C16H30LaO2. The van der Waals surface area contributed by atoms with E-state index in [1.165, 1.54) is 57.8 Å². The molecule has 0 heterocycles. The number of unbranched alkanes of at least 4 members (excludes halogenated alkanes) is 9. The zero-order chi connectivity index (χ0) is 13.5. The fraction of sp³-hybridized carbons (Fsp3) is 0.812. The molecule has 0 saturated heterocycles. The summed E-state index contributed by atoms with van der Waals surface area (Å²) in [5, 5.41) is 8.48. The number of carboxylic acid groups (broad SMARTS) is 1. The van der Waals surface area contributed by atoms with Crippen molar-refractivity contribution in [1.29, 1.82) is 0 Å². The maximum absolute atomic E-state index is 10.3. The van der Waals surface area contributed by atoms with Crippen molar-refractivity contribution in [2.24, 2.45) is 0 Å². The summed E-state index contributed by atoms with van der Waals surface area (Å²) in [6, 6.07) is 0. The second-order valence-corrected chi connectivity index (χ2v) is 5.02. The van der Waals surface area contributed by atoms with Gasteiger partial charge >= 0.3 is 5.97 Å². The molecule has 2 nitrogen and oxygen atoms in total. The maximum atomic E-state index is 10.3. The van der Waals surface area contributed by atoms with Gasteiger partial charge in [-0.3, -0.25) is 4.79 Å². The van der Waals surface area contributed by atoms with Crippen LogP contribution < -0.4 is 0 Å². The second-order valence-electron chi connectivity index (χ2n) is 5.02. The number of allylic oxidation sites excluding steroid dienone is 2. The maximum Gasteiger partial charge on any atom is 0.303 e. The molecule has 0 aliphatic carbocycles. The van der Waals surface area contributed by atoms with Crippen LogP contribution in [0.25, 0.3) is 0 Å². The minimum atomic E-state index is -0.666. The van der Waals surface area contributed by atoms with Crippen LogP contribution in [0.5, 0.6) is 0 Å². The van der Waals surface area contributed by atoms with E-state index in [1.807, 2.05) is 0 Å². The number of aliphatic carboxylic acids is 1. The third kappa shape index (κ3) is 20.9. The van der Waals surface area contributed by atoms with Gasteiger partial charge in [0.15, 0.2) is 0 Å². The molecule has 19 heavy (non-hydrogen) atoms. The molecule has 0 atom stereocenters. The van der Waals surface area contributed by atoms with Crippen molar-refractivity contribution < 1.29 is 45.5 Å². The summed E-state index contributed by atoms with van der Waals surface area (Å²) in [5.41, 5.74) is 0. The van der Waals surface area contributed by atoms with Crippen LogP contribution in [0.15, 0.2) is 12.2 Å². The molecule has 3 heteroatoms. The summed E-state index contributed by atoms with van der Waals surface area (Å²) < 4.78 is 0. The summed E-state index contributed by atoms with van der Waals surface area (Å²) >= 11 is 0. The van der Waals surface area contributed by atoms with E-state index in [2.05, 4.69) is 19.1 Å². The van der Waals surface area contributed by atoms with Crippen molar-refractivity contribution in [1.82, 2.24) is 0 Å². The van der Waals surface area contributed by atoms with Crippen molar-refractivity contribution in [3.63, 3.8) is 0 Å². The molecule has 0 aromatic carbocycles. The summed E-state index contributed by atoms with van der Waals surface area (Å²) in [4.78, 5) is 10.3. The zero-order valence-electron chi connectivity index (χ0n) is 12.6. The van der Waals surface area contributed by atoms with Crippen molar-refractivity contribution >= 4 is 5.97 Å². The molecule has 109 valence electrons. The van der Waals surface area contributed by atoms with Crippen LogP contribution in [0.2, 0.25) is 0 Å². The van der Waals surface area contributed by atoms with Gasteiger partial charge in [0.05, 0.1) is 0 Å². The molecule has 0 spiro atoms. The van der Waals surface area contributed by atoms with E-state index in [4.69, 9.17) is 5.11 Å². The standard InChI is InChI=1S/C16H30O2.La/c1-2-3-4-5-6-7-8-9-10-11-12-13-14-15-16(17)18;/h7-8H,2-6,9-15H2,1H3,(H,17,18);/b8-7-;. The van der Waals surface area contributed by atoms with Crippen LogP contribution in [0.3, 0.4) is 0 Å². The van der Waals surface area contributed by atoms with Crippen LogP contribution in [0.4, 0.5) is 0 Å². The Kier molecular flexibility index (Phi) is 21.0. The molecule has 0 rings (SSSR count). The van der Waals surface area contributed by atoms with E-state index in [0.717, 1.165) is 12.8 Å². The van der Waals surface area contributed by atoms with Gasteiger partial charge in [-0.15, -0.1) is 0 Å². The minimum absolute atomic E-state index is 0. The summed E-state index contributed by atoms with van der Waals surface area (Å²) in [7, 11) is 0.